The van der Waals surface area contributed by atoms with Gasteiger partial charge >= 0.3 is 0 Å². The van der Waals surface area contributed by atoms with Crippen LogP contribution >= 0.6 is 0 Å². The molecule has 0 fully saturated rings. The molecular weight excluding hydrogens is 208 g/mol. The lowest BCUT2D eigenvalue weighted by Gasteiger charge is -2.10. The van der Waals surface area contributed by atoms with Crippen LogP contribution in [0, 0.1) is 0 Å². The first-order valence-corrected chi connectivity index (χ1v) is 6.63. The minimum Gasteiger partial charge on any atom is -0.399 e. The number of hydrogen-bond donors (Lipinski definition) is 2. The molecule has 1 aromatic carbocycles. The van der Waals surface area contributed by atoms with E-state index in [9.17, 15) is 4.21 Å². The number of rotatable bonds is 5. The summed E-state index contributed by atoms with van der Waals surface area (Å²) < 4.78 is 11.1. The second-order valence-electron chi connectivity index (χ2n) is 3.65. The molecule has 0 heterocycles. The number of benzene rings is 1. The fourth-order valence-corrected chi connectivity index (χ4v) is 1.68. The average molecular weight is 226 g/mol. The molecule has 0 radical (unpaired) electrons. The Kier molecular flexibility index (Phi) is 4.62. The van der Waals surface area contributed by atoms with Gasteiger partial charge in [-0.05, 0) is 24.6 Å². The standard InChI is InChI=1S/C11H18N2OS/c1-9(15(2)14)6-7-13-11-5-3-4-10(12)8-11/h3-5,8-9,13H,6-7,12H2,1-2H3. The Balaban J connectivity index is 2.35. The van der Waals surface area contributed by atoms with Crippen molar-refractivity contribution in [1.82, 2.24) is 0 Å². The van der Waals surface area contributed by atoms with Crippen molar-refractivity contribution in [3.63, 3.8) is 0 Å². The number of nitrogen functional groups attached to an aromatic ring is 1. The first-order chi connectivity index (χ1) is 7.09. The van der Waals surface area contributed by atoms with Gasteiger partial charge in [-0.3, -0.25) is 4.21 Å². The lowest BCUT2D eigenvalue weighted by atomic mass is 10.2. The van der Waals surface area contributed by atoms with Gasteiger partial charge in [0.1, 0.15) is 0 Å². The van der Waals surface area contributed by atoms with E-state index in [0.29, 0.717) is 0 Å². The minimum absolute atomic E-state index is 0.235. The normalized spacial score (nSPS) is 14.5. The molecule has 0 bridgehead atoms. The fraction of sp³-hybridized carbons (Fsp3) is 0.455. The van der Waals surface area contributed by atoms with E-state index in [2.05, 4.69) is 5.32 Å². The zero-order chi connectivity index (χ0) is 11.3. The van der Waals surface area contributed by atoms with Crippen molar-refractivity contribution in [3.8, 4) is 0 Å². The van der Waals surface area contributed by atoms with Crippen LogP contribution in [0.4, 0.5) is 11.4 Å². The van der Waals surface area contributed by atoms with Crippen LogP contribution in [0.3, 0.4) is 0 Å². The summed E-state index contributed by atoms with van der Waals surface area (Å²) in [5, 5.41) is 3.49. The van der Waals surface area contributed by atoms with E-state index in [-0.39, 0.29) is 5.25 Å². The average Bonchev–Trinajstić information content (AvgIpc) is 2.17. The summed E-state index contributed by atoms with van der Waals surface area (Å²) in [4.78, 5) is 0. The maximum absolute atomic E-state index is 11.1. The molecule has 3 N–H and O–H groups in total. The highest BCUT2D eigenvalue weighted by atomic mass is 32.2. The molecule has 1 aromatic rings. The van der Waals surface area contributed by atoms with Gasteiger partial charge in [-0.2, -0.15) is 0 Å². The van der Waals surface area contributed by atoms with Crippen molar-refractivity contribution in [2.75, 3.05) is 23.9 Å². The van der Waals surface area contributed by atoms with Crippen LogP contribution in [0.5, 0.6) is 0 Å². The van der Waals surface area contributed by atoms with E-state index in [1.807, 2.05) is 31.2 Å². The summed E-state index contributed by atoms with van der Waals surface area (Å²) in [7, 11) is -0.737. The van der Waals surface area contributed by atoms with Crippen molar-refractivity contribution < 1.29 is 4.21 Å². The largest absolute Gasteiger partial charge is 0.399 e. The maximum atomic E-state index is 11.1. The van der Waals surface area contributed by atoms with Gasteiger partial charge in [-0.25, -0.2) is 0 Å². The van der Waals surface area contributed by atoms with Crippen molar-refractivity contribution >= 4 is 22.2 Å². The first kappa shape index (κ1) is 12.0. The fourth-order valence-electron chi connectivity index (χ4n) is 1.23. The Bertz CT molecular complexity index is 341. The van der Waals surface area contributed by atoms with E-state index >= 15 is 0 Å². The van der Waals surface area contributed by atoms with Gasteiger partial charge < -0.3 is 11.1 Å². The second-order valence-corrected chi connectivity index (χ2v) is 5.45. The molecule has 0 amide bonds. The van der Waals surface area contributed by atoms with E-state index < -0.39 is 10.8 Å². The quantitative estimate of drug-likeness (QED) is 0.753. The molecule has 2 unspecified atom stereocenters. The van der Waals surface area contributed by atoms with Gasteiger partial charge in [0.2, 0.25) is 0 Å². The van der Waals surface area contributed by atoms with Crippen LogP contribution in [0.1, 0.15) is 13.3 Å². The third-order valence-corrected chi connectivity index (χ3v) is 3.70. The van der Waals surface area contributed by atoms with Crippen LogP contribution in [0.2, 0.25) is 0 Å². The molecule has 15 heavy (non-hydrogen) atoms. The molecule has 0 spiro atoms. The van der Waals surface area contributed by atoms with Crippen LogP contribution in [-0.4, -0.2) is 22.3 Å². The lowest BCUT2D eigenvalue weighted by Crippen LogP contribution is -2.14. The first-order valence-electron chi connectivity index (χ1n) is 5.01. The lowest BCUT2D eigenvalue weighted by molar-refractivity contribution is 0.672. The highest BCUT2D eigenvalue weighted by Gasteiger charge is 2.04. The summed E-state index contributed by atoms with van der Waals surface area (Å²) in [6.07, 6.45) is 2.64. The van der Waals surface area contributed by atoms with E-state index in [1.165, 1.54) is 0 Å². The molecule has 2 atom stereocenters. The third kappa shape index (κ3) is 4.34. The molecular formula is C11H18N2OS. The Morgan fingerprint density at radius 2 is 2.27 bits per heavy atom. The SMILES string of the molecule is CC(CCNc1cccc(N)c1)S(C)=O. The van der Waals surface area contributed by atoms with Crippen molar-refractivity contribution in [2.24, 2.45) is 0 Å². The highest BCUT2D eigenvalue weighted by molar-refractivity contribution is 7.84. The Hall–Kier alpha value is -1.03. The monoisotopic (exact) mass is 226 g/mol. The summed E-state index contributed by atoms with van der Waals surface area (Å²) in [6, 6.07) is 7.64. The summed E-state index contributed by atoms with van der Waals surface area (Å²) >= 11 is 0. The van der Waals surface area contributed by atoms with Crippen LogP contribution in [0.25, 0.3) is 0 Å². The molecule has 0 aliphatic carbocycles. The number of anilines is 2. The van der Waals surface area contributed by atoms with E-state index in [0.717, 1.165) is 24.3 Å². The molecule has 3 nitrogen and oxygen atoms in total. The molecule has 4 heteroatoms. The molecule has 1 rings (SSSR count). The minimum atomic E-state index is -0.737. The predicted octanol–water partition coefficient (Wildman–Crippen LogP) is 1.84. The van der Waals surface area contributed by atoms with Gasteiger partial charge in [0.05, 0.1) is 0 Å². The Morgan fingerprint density at radius 1 is 1.53 bits per heavy atom. The maximum Gasteiger partial charge on any atom is 0.0360 e. The van der Waals surface area contributed by atoms with E-state index in [4.69, 9.17) is 5.73 Å². The molecule has 0 saturated heterocycles. The summed E-state index contributed by atoms with van der Waals surface area (Å²) in [6.45, 7) is 2.82. The van der Waals surface area contributed by atoms with Gasteiger partial charge in [0.15, 0.2) is 0 Å². The van der Waals surface area contributed by atoms with Gasteiger partial charge in [-0.15, -0.1) is 0 Å². The van der Waals surface area contributed by atoms with Crippen molar-refractivity contribution in [3.05, 3.63) is 24.3 Å². The topological polar surface area (TPSA) is 55.1 Å². The number of nitrogens with two attached hydrogens (primary N) is 1. The molecule has 0 aliphatic heterocycles. The molecule has 84 valence electrons. The van der Waals surface area contributed by atoms with Crippen molar-refractivity contribution in [2.45, 2.75) is 18.6 Å². The number of hydrogen-bond acceptors (Lipinski definition) is 3. The van der Waals surface area contributed by atoms with Gasteiger partial charge in [0.25, 0.3) is 0 Å². The molecule has 0 saturated carbocycles. The zero-order valence-electron chi connectivity index (χ0n) is 9.19. The Morgan fingerprint density at radius 3 is 2.87 bits per heavy atom. The van der Waals surface area contributed by atoms with E-state index in [1.54, 1.807) is 6.26 Å². The van der Waals surface area contributed by atoms with Crippen LogP contribution < -0.4 is 11.1 Å². The smallest absolute Gasteiger partial charge is 0.0360 e. The Labute approximate surface area is 93.5 Å². The van der Waals surface area contributed by atoms with Crippen LogP contribution in [-0.2, 0) is 10.8 Å². The third-order valence-electron chi connectivity index (χ3n) is 2.33. The van der Waals surface area contributed by atoms with Crippen molar-refractivity contribution in [1.29, 1.82) is 0 Å². The summed E-state index contributed by atoms with van der Waals surface area (Å²) in [5.74, 6) is 0. The zero-order valence-corrected chi connectivity index (χ0v) is 10.0. The molecule has 0 aliphatic rings. The number of nitrogens with one attached hydrogen (secondary N) is 1. The predicted molar refractivity (Wildman–Crippen MR) is 67.5 cm³/mol. The summed E-state index contributed by atoms with van der Waals surface area (Å²) in [5.41, 5.74) is 7.42. The van der Waals surface area contributed by atoms with Crippen LogP contribution in [0.15, 0.2) is 24.3 Å². The highest BCUT2D eigenvalue weighted by Crippen LogP contribution is 2.12. The second kappa shape index (κ2) is 5.75. The molecule has 0 aromatic heterocycles. The van der Waals surface area contributed by atoms with Gasteiger partial charge in [0, 0.05) is 40.2 Å². The van der Waals surface area contributed by atoms with Gasteiger partial charge in [-0.1, -0.05) is 13.0 Å².